The van der Waals surface area contributed by atoms with E-state index in [9.17, 15) is 0 Å². The third kappa shape index (κ3) is 3.92. The Labute approximate surface area is 155 Å². The number of benzene rings is 3. The highest BCUT2D eigenvalue weighted by atomic mass is 15.1. The maximum Gasteiger partial charge on any atom is 0.243 e. The van der Waals surface area contributed by atoms with Gasteiger partial charge in [-0.05, 0) is 35.1 Å². The highest BCUT2D eigenvalue weighted by Crippen LogP contribution is 2.17. The molecule has 0 saturated carbocycles. The van der Waals surface area contributed by atoms with Gasteiger partial charge in [0.1, 0.15) is 0 Å². The van der Waals surface area contributed by atoms with Crippen LogP contribution >= 0.6 is 0 Å². The third-order valence-electron chi connectivity index (χ3n) is 4.54. The van der Waals surface area contributed by atoms with Crippen molar-refractivity contribution in [3.8, 4) is 5.69 Å². The second-order valence-corrected chi connectivity index (χ2v) is 6.71. The molecule has 128 valence electrons. The molecule has 0 bridgehead atoms. The second-order valence-electron chi connectivity index (χ2n) is 6.71. The molecular weight excluding hydrogens is 316 g/mol. The number of nitrogens with zero attached hydrogens (tertiary/aromatic N) is 2. The van der Waals surface area contributed by atoms with Gasteiger partial charge in [-0.25, -0.2) is 0 Å². The summed E-state index contributed by atoms with van der Waals surface area (Å²) in [6.07, 6.45) is 9.19. The molecule has 26 heavy (non-hydrogen) atoms. The van der Waals surface area contributed by atoms with Crippen molar-refractivity contribution < 1.29 is 4.57 Å². The minimum absolute atomic E-state index is 0.934. The van der Waals surface area contributed by atoms with Gasteiger partial charge in [0.2, 0.25) is 6.33 Å². The molecule has 2 nitrogen and oxygen atoms in total. The van der Waals surface area contributed by atoms with Crippen molar-refractivity contribution in [2.24, 2.45) is 7.05 Å². The molecular formula is C24H22N2. The van der Waals surface area contributed by atoms with Gasteiger partial charge in [0, 0.05) is 12.4 Å². The van der Waals surface area contributed by atoms with E-state index in [1.54, 1.807) is 0 Å². The highest BCUT2D eigenvalue weighted by Gasteiger charge is 2.02. The minimum atomic E-state index is 0.934. The lowest BCUT2D eigenvalue weighted by molar-refractivity contribution is -0.674. The second kappa shape index (κ2) is 7.40. The fourth-order valence-corrected chi connectivity index (χ4v) is 3.28. The molecule has 1 aromatic heterocycles. The van der Waals surface area contributed by atoms with Crippen molar-refractivity contribution in [2.45, 2.75) is 12.8 Å². The lowest BCUT2D eigenvalue weighted by Gasteiger charge is -2.09. The van der Waals surface area contributed by atoms with E-state index in [-0.39, 0.29) is 0 Å². The zero-order chi connectivity index (χ0) is 17.8. The smallest absolute Gasteiger partial charge is 0.243 e. The number of hydrogen-bond donors (Lipinski definition) is 0. The maximum absolute atomic E-state index is 3.25. The quantitative estimate of drug-likeness (QED) is 0.379. The van der Waals surface area contributed by atoms with E-state index in [1.165, 1.54) is 22.3 Å². The summed E-state index contributed by atoms with van der Waals surface area (Å²) in [5.74, 6) is 0. The number of aryl methyl sites for hydroxylation is 1. The van der Waals surface area contributed by atoms with Gasteiger partial charge in [0.05, 0.1) is 12.7 Å². The minimum Gasteiger partial charge on any atom is -0.326 e. The van der Waals surface area contributed by atoms with Crippen LogP contribution in [0.15, 0.2) is 91.3 Å². The number of imidazole rings is 1. The van der Waals surface area contributed by atoms with Gasteiger partial charge in [0.15, 0.2) is 0 Å². The summed E-state index contributed by atoms with van der Waals surface area (Å²) in [5, 5.41) is 0. The molecule has 4 aromatic rings. The van der Waals surface area contributed by atoms with Crippen molar-refractivity contribution >= 4 is 0 Å². The predicted molar refractivity (Wildman–Crippen MR) is 104 cm³/mol. The summed E-state index contributed by atoms with van der Waals surface area (Å²) in [6, 6.07) is 28.2. The SMILES string of the molecule is C[n+]1[c-]n(-c2cccc(Cc3cccc(Cc4ccccc4)c3)c2)cc1. The van der Waals surface area contributed by atoms with E-state index in [0.717, 1.165) is 18.5 Å². The molecule has 0 radical (unpaired) electrons. The van der Waals surface area contributed by atoms with Crippen molar-refractivity contribution in [1.82, 2.24) is 4.57 Å². The summed E-state index contributed by atoms with van der Waals surface area (Å²) in [6.45, 7) is 0. The van der Waals surface area contributed by atoms with E-state index in [4.69, 9.17) is 0 Å². The Morgan fingerprint density at radius 2 is 1.35 bits per heavy atom. The molecule has 0 aliphatic carbocycles. The fraction of sp³-hybridized carbons (Fsp3) is 0.125. The third-order valence-corrected chi connectivity index (χ3v) is 4.54. The van der Waals surface area contributed by atoms with Crippen LogP contribution < -0.4 is 4.57 Å². The maximum atomic E-state index is 3.25. The Kier molecular flexibility index (Phi) is 4.65. The van der Waals surface area contributed by atoms with Crippen molar-refractivity contribution in [2.75, 3.05) is 0 Å². The van der Waals surface area contributed by atoms with Crippen LogP contribution in [0, 0.1) is 6.33 Å². The Morgan fingerprint density at radius 3 is 2.04 bits per heavy atom. The Balaban J connectivity index is 1.53. The van der Waals surface area contributed by atoms with Crippen molar-refractivity contribution in [3.05, 3.63) is 120 Å². The molecule has 4 rings (SSSR count). The normalized spacial score (nSPS) is 10.8. The summed E-state index contributed by atoms with van der Waals surface area (Å²) >= 11 is 0. The molecule has 0 aliphatic rings. The van der Waals surface area contributed by atoms with Crippen LogP contribution in [-0.2, 0) is 19.9 Å². The molecule has 2 heteroatoms. The van der Waals surface area contributed by atoms with E-state index >= 15 is 0 Å². The number of rotatable bonds is 5. The molecule has 0 fully saturated rings. The van der Waals surface area contributed by atoms with Crippen LogP contribution in [-0.4, -0.2) is 4.57 Å². The standard InChI is InChI=1S/C24H22N2/c1-25-13-14-26(19-25)24-12-6-11-23(18-24)17-22-10-5-9-21(16-22)15-20-7-3-2-4-8-20/h2-14,16,18H,15,17H2,1H3. The average Bonchev–Trinajstić information content (AvgIpc) is 3.10. The summed E-state index contributed by atoms with van der Waals surface area (Å²) in [5.41, 5.74) is 6.50. The van der Waals surface area contributed by atoms with Crippen LogP contribution in [0.1, 0.15) is 22.3 Å². The van der Waals surface area contributed by atoms with Crippen molar-refractivity contribution in [3.63, 3.8) is 0 Å². The molecule has 0 aliphatic heterocycles. The van der Waals surface area contributed by atoms with Gasteiger partial charge in [-0.3, -0.25) is 0 Å². The van der Waals surface area contributed by atoms with E-state index in [2.05, 4.69) is 85.2 Å². The Hall–Kier alpha value is -3.13. The molecule has 1 heterocycles. The molecule has 0 spiro atoms. The lowest BCUT2D eigenvalue weighted by atomic mass is 9.99. The van der Waals surface area contributed by atoms with Crippen molar-refractivity contribution in [1.29, 1.82) is 0 Å². The Bertz CT molecular complexity index is 999. The molecule has 0 unspecified atom stereocenters. The molecule has 3 aromatic carbocycles. The van der Waals surface area contributed by atoms with E-state index in [1.807, 2.05) is 28.6 Å². The first-order valence-electron chi connectivity index (χ1n) is 8.94. The highest BCUT2D eigenvalue weighted by molar-refractivity contribution is 5.39. The summed E-state index contributed by atoms with van der Waals surface area (Å²) < 4.78 is 3.95. The van der Waals surface area contributed by atoms with Gasteiger partial charge >= 0.3 is 0 Å². The predicted octanol–water partition coefficient (Wildman–Crippen LogP) is 4.28. The molecule has 0 amide bonds. The first kappa shape index (κ1) is 16.3. The first-order valence-corrected chi connectivity index (χ1v) is 8.94. The average molecular weight is 338 g/mol. The largest absolute Gasteiger partial charge is 0.326 e. The fourth-order valence-electron chi connectivity index (χ4n) is 3.28. The van der Waals surface area contributed by atoms with Crippen LogP contribution in [0.4, 0.5) is 0 Å². The summed E-state index contributed by atoms with van der Waals surface area (Å²) in [7, 11) is 1.98. The first-order chi connectivity index (χ1) is 12.8. The van der Waals surface area contributed by atoms with Crippen LogP contribution in [0.25, 0.3) is 5.69 Å². The van der Waals surface area contributed by atoms with Gasteiger partial charge < -0.3 is 9.13 Å². The van der Waals surface area contributed by atoms with Crippen LogP contribution in [0.3, 0.4) is 0 Å². The molecule has 0 saturated heterocycles. The van der Waals surface area contributed by atoms with E-state index in [0.29, 0.717) is 0 Å². The van der Waals surface area contributed by atoms with E-state index < -0.39 is 0 Å². The van der Waals surface area contributed by atoms with Crippen LogP contribution in [0.5, 0.6) is 0 Å². The zero-order valence-electron chi connectivity index (χ0n) is 15.0. The lowest BCUT2D eigenvalue weighted by Crippen LogP contribution is -2.24. The Morgan fingerprint density at radius 1 is 0.731 bits per heavy atom. The molecule has 0 atom stereocenters. The number of aromatic nitrogens is 2. The monoisotopic (exact) mass is 338 g/mol. The summed E-state index contributed by atoms with van der Waals surface area (Å²) in [4.78, 5) is 0. The topological polar surface area (TPSA) is 8.81 Å². The number of hydrogen-bond acceptors (Lipinski definition) is 0. The molecule has 0 N–H and O–H groups in total. The van der Waals surface area contributed by atoms with Crippen LogP contribution in [0.2, 0.25) is 0 Å². The zero-order valence-corrected chi connectivity index (χ0v) is 15.0. The van der Waals surface area contributed by atoms with Gasteiger partial charge in [0.25, 0.3) is 0 Å². The van der Waals surface area contributed by atoms with Gasteiger partial charge in [-0.1, -0.05) is 78.9 Å². The van der Waals surface area contributed by atoms with Gasteiger partial charge in [-0.15, -0.1) is 0 Å². The van der Waals surface area contributed by atoms with Gasteiger partial charge in [-0.2, -0.15) is 0 Å².